The van der Waals surface area contributed by atoms with E-state index in [0.717, 1.165) is 5.56 Å². The van der Waals surface area contributed by atoms with E-state index >= 15 is 0 Å². The lowest BCUT2D eigenvalue weighted by Gasteiger charge is -2.06. The zero-order valence-electron chi connectivity index (χ0n) is 8.69. The Morgan fingerprint density at radius 1 is 1.47 bits per heavy atom. The zero-order valence-corrected chi connectivity index (χ0v) is 8.69. The molecule has 0 unspecified atom stereocenters. The smallest absolute Gasteiger partial charge is 0.298 e. The van der Waals surface area contributed by atoms with Gasteiger partial charge in [0.05, 0.1) is 7.11 Å². The first-order chi connectivity index (χ1) is 7.17. The molecule has 0 aliphatic rings. The third-order valence-electron chi connectivity index (χ3n) is 1.78. The van der Waals surface area contributed by atoms with Crippen LogP contribution in [0.15, 0.2) is 23.9 Å². The van der Waals surface area contributed by atoms with Gasteiger partial charge in [-0.05, 0) is 25.1 Å². The summed E-state index contributed by atoms with van der Waals surface area (Å²) >= 11 is 0. The van der Waals surface area contributed by atoms with Gasteiger partial charge >= 0.3 is 0 Å². The van der Waals surface area contributed by atoms with Gasteiger partial charge in [-0.3, -0.25) is 4.79 Å². The molecule has 1 rings (SSSR count). The van der Waals surface area contributed by atoms with Crippen molar-refractivity contribution in [1.82, 2.24) is 0 Å². The normalized spacial score (nSPS) is 10.9. The quantitative estimate of drug-likeness (QED) is 0.761. The summed E-state index contributed by atoms with van der Waals surface area (Å²) in [5, 5.41) is 0. The fraction of sp³-hybridized carbons (Fsp3) is 0.182. The van der Waals surface area contributed by atoms with E-state index in [1.165, 1.54) is 0 Å². The summed E-state index contributed by atoms with van der Waals surface area (Å²) < 4.78 is 9.83. The van der Waals surface area contributed by atoms with Crippen LogP contribution in [0.3, 0.4) is 0 Å². The Balaban J connectivity index is 3.14. The van der Waals surface area contributed by atoms with Crippen LogP contribution in [0.4, 0.5) is 0 Å². The number of ether oxygens (including phenoxy) is 2. The third kappa shape index (κ3) is 3.02. The van der Waals surface area contributed by atoms with E-state index in [2.05, 4.69) is 0 Å². The molecule has 80 valence electrons. The van der Waals surface area contributed by atoms with E-state index < -0.39 is 0 Å². The van der Waals surface area contributed by atoms with Crippen LogP contribution < -0.4 is 15.2 Å². The second-order valence-corrected chi connectivity index (χ2v) is 3.01. The molecule has 0 atom stereocenters. The molecule has 0 amide bonds. The second kappa shape index (κ2) is 5.05. The van der Waals surface area contributed by atoms with Gasteiger partial charge in [0.25, 0.3) is 6.47 Å². The van der Waals surface area contributed by atoms with Crippen molar-refractivity contribution in [2.45, 2.75) is 6.92 Å². The first-order valence-electron chi connectivity index (χ1n) is 4.39. The molecule has 0 saturated carbocycles. The number of hydrogen-bond acceptors (Lipinski definition) is 4. The maximum atomic E-state index is 10.3. The lowest BCUT2D eigenvalue weighted by atomic mass is 10.1. The topological polar surface area (TPSA) is 61.6 Å². The van der Waals surface area contributed by atoms with Crippen molar-refractivity contribution >= 4 is 12.5 Å². The summed E-state index contributed by atoms with van der Waals surface area (Å²) in [6.07, 6.45) is 1.72. The molecular weight excluding hydrogens is 194 g/mol. The van der Waals surface area contributed by atoms with Crippen LogP contribution in [0.2, 0.25) is 0 Å². The van der Waals surface area contributed by atoms with Gasteiger partial charge in [0.2, 0.25) is 0 Å². The maximum Gasteiger partial charge on any atom is 0.298 e. The average Bonchev–Trinajstić information content (AvgIpc) is 2.20. The van der Waals surface area contributed by atoms with Gasteiger partial charge in [-0.15, -0.1) is 0 Å². The van der Waals surface area contributed by atoms with Crippen LogP contribution in [0.1, 0.15) is 12.5 Å². The van der Waals surface area contributed by atoms with Crippen molar-refractivity contribution in [2.24, 2.45) is 5.73 Å². The largest absolute Gasteiger partial charge is 0.497 e. The number of rotatable bonds is 4. The summed E-state index contributed by atoms with van der Waals surface area (Å²) in [4.78, 5) is 10.3. The summed E-state index contributed by atoms with van der Waals surface area (Å²) in [5.74, 6) is 1.05. The molecule has 0 spiro atoms. The summed E-state index contributed by atoms with van der Waals surface area (Å²) in [5.41, 5.74) is 6.92. The van der Waals surface area contributed by atoms with Crippen molar-refractivity contribution in [3.05, 3.63) is 29.5 Å². The molecule has 0 aliphatic heterocycles. The molecule has 0 fully saturated rings. The second-order valence-electron chi connectivity index (χ2n) is 3.01. The minimum absolute atomic E-state index is 0.373. The molecule has 1 aromatic rings. The highest BCUT2D eigenvalue weighted by Gasteiger charge is 2.03. The fourth-order valence-corrected chi connectivity index (χ4v) is 1.16. The fourth-order valence-electron chi connectivity index (χ4n) is 1.16. The predicted octanol–water partition coefficient (Wildman–Crippen LogP) is 1.55. The molecule has 15 heavy (non-hydrogen) atoms. The molecule has 0 heterocycles. The Hall–Kier alpha value is -1.97. The number of allylic oxidation sites excluding steroid dienone is 1. The SMILES string of the molecule is COc1ccc(/C=C(\C)N)c(OC=O)c1. The van der Waals surface area contributed by atoms with Gasteiger partial charge in [0.15, 0.2) is 0 Å². The van der Waals surface area contributed by atoms with Crippen LogP contribution in [0.25, 0.3) is 6.08 Å². The Morgan fingerprint density at radius 2 is 2.20 bits per heavy atom. The van der Waals surface area contributed by atoms with Gasteiger partial charge < -0.3 is 15.2 Å². The average molecular weight is 207 g/mol. The monoisotopic (exact) mass is 207 g/mol. The van der Waals surface area contributed by atoms with Crippen LogP contribution in [-0.4, -0.2) is 13.6 Å². The van der Waals surface area contributed by atoms with Crippen LogP contribution in [0.5, 0.6) is 11.5 Å². The van der Waals surface area contributed by atoms with Crippen LogP contribution in [-0.2, 0) is 4.79 Å². The summed E-state index contributed by atoms with van der Waals surface area (Å²) in [6.45, 7) is 2.13. The molecule has 0 aliphatic carbocycles. The van der Waals surface area contributed by atoms with Crippen molar-refractivity contribution in [3.63, 3.8) is 0 Å². The van der Waals surface area contributed by atoms with E-state index in [9.17, 15) is 4.79 Å². The predicted molar refractivity (Wildman–Crippen MR) is 57.5 cm³/mol. The highest BCUT2D eigenvalue weighted by atomic mass is 16.5. The third-order valence-corrected chi connectivity index (χ3v) is 1.78. The lowest BCUT2D eigenvalue weighted by Crippen LogP contribution is -1.95. The van der Waals surface area contributed by atoms with E-state index in [1.54, 1.807) is 38.3 Å². The van der Waals surface area contributed by atoms with E-state index in [0.29, 0.717) is 23.7 Å². The van der Waals surface area contributed by atoms with Crippen LogP contribution in [0, 0.1) is 0 Å². The standard InChI is InChI=1S/C11H13NO3/c1-8(12)5-9-3-4-10(14-2)6-11(9)15-7-13/h3-7H,12H2,1-2H3/b8-5+. The molecule has 0 bridgehead atoms. The minimum atomic E-state index is 0.373. The molecule has 0 radical (unpaired) electrons. The van der Waals surface area contributed by atoms with Gasteiger partial charge in [-0.25, -0.2) is 0 Å². The molecule has 0 saturated heterocycles. The molecule has 1 aromatic carbocycles. The van der Waals surface area contributed by atoms with E-state index in [1.807, 2.05) is 0 Å². The summed E-state index contributed by atoms with van der Waals surface area (Å²) in [7, 11) is 1.55. The number of methoxy groups -OCH3 is 1. The Bertz CT molecular complexity index is 381. The molecule has 2 N–H and O–H groups in total. The molecule has 0 aromatic heterocycles. The first kappa shape index (κ1) is 11.1. The number of nitrogens with two attached hydrogens (primary N) is 1. The van der Waals surface area contributed by atoms with E-state index in [4.69, 9.17) is 15.2 Å². The highest BCUT2D eigenvalue weighted by Crippen LogP contribution is 2.25. The number of carbonyl (C=O) groups is 1. The lowest BCUT2D eigenvalue weighted by molar-refractivity contribution is -0.120. The van der Waals surface area contributed by atoms with Crippen molar-refractivity contribution in [1.29, 1.82) is 0 Å². The summed E-state index contributed by atoms with van der Waals surface area (Å²) in [6, 6.07) is 5.17. The number of carbonyl (C=O) groups excluding carboxylic acids is 1. The maximum absolute atomic E-state index is 10.3. The molecule has 4 nitrogen and oxygen atoms in total. The van der Waals surface area contributed by atoms with Crippen molar-refractivity contribution in [2.75, 3.05) is 7.11 Å². The van der Waals surface area contributed by atoms with Gasteiger partial charge in [0, 0.05) is 17.3 Å². The Morgan fingerprint density at radius 3 is 2.73 bits per heavy atom. The molecular formula is C11H13NO3. The Labute approximate surface area is 88.3 Å². The Kier molecular flexibility index (Phi) is 3.74. The van der Waals surface area contributed by atoms with Crippen LogP contribution >= 0.6 is 0 Å². The first-order valence-corrected chi connectivity index (χ1v) is 4.39. The van der Waals surface area contributed by atoms with Gasteiger partial charge in [-0.1, -0.05) is 0 Å². The minimum Gasteiger partial charge on any atom is -0.497 e. The number of benzene rings is 1. The highest BCUT2D eigenvalue weighted by molar-refractivity contribution is 5.63. The van der Waals surface area contributed by atoms with Gasteiger partial charge in [-0.2, -0.15) is 0 Å². The van der Waals surface area contributed by atoms with Crippen molar-refractivity contribution < 1.29 is 14.3 Å². The number of hydrogen-bond donors (Lipinski definition) is 1. The zero-order chi connectivity index (χ0) is 11.3. The van der Waals surface area contributed by atoms with E-state index in [-0.39, 0.29) is 0 Å². The van der Waals surface area contributed by atoms with Crippen molar-refractivity contribution in [3.8, 4) is 11.5 Å². The molecule has 4 heteroatoms. The van der Waals surface area contributed by atoms with Gasteiger partial charge in [0.1, 0.15) is 11.5 Å².